The van der Waals surface area contributed by atoms with Crippen molar-refractivity contribution in [3.05, 3.63) is 52.3 Å². The molecule has 3 aromatic rings. The number of nitrogens with one attached hydrogen (secondary N) is 1. The molecule has 3 aromatic heterocycles. The Morgan fingerprint density at radius 2 is 2.33 bits per heavy atom. The molecule has 0 unspecified atom stereocenters. The van der Waals surface area contributed by atoms with Gasteiger partial charge in [0.2, 0.25) is 5.91 Å². The second-order valence-electron chi connectivity index (χ2n) is 6.65. The number of hydrogen-bond acceptors (Lipinski definition) is 6. The van der Waals surface area contributed by atoms with E-state index >= 15 is 0 Å². The molecule has 0 spiro atoms. The summed E-state index contributed by atoms with van der Waals surface area (Å²) in [7, 11) is 1.52. The molecule has 1 saturated heterocycles. The minimum absolute atomic E-state index is 0.0640. The molecule has 1 amide bonds. The van der Waals surface area contributed by atoms with Gasteiger partial charge in [-0.15, -0.1) is 0 Å². The van der Waals surface area contributed by atoms with Crippen LogP contribution >= 0.6 is 0 Å². The van der Waals surface area contributed by atoms with Gasteiger partial charge in [-0.3, -0.25) is 14.6 Å². The van der Waals surface area contributed by atoms with Gasteiger partial charge in [0, 0.05) is 49.8 Å². The van der Waals surface area contributed by atoms with Crippen LogP contribution in [0.25, 0.3) is 10.9 Å². The zero-order chi connectivity index (χ0) is 18.8. The molecule has 1 N–H and O–H groups in total. The predicted molar refractivity (Wildman–Crippen MR) is 97.7 cm³/mol. The number of H-pyrrole nitrogens is 1. The quantitative estimate of drug-likeness (QED) is 0.738. The molecule has 8 heteroatoms. The van der Waals surface area contributed by atoms with Crippen molar-refractivity contribution in [3.63, 3.8) is 0 Å². The van der Waals surface area contributed by atoms with E-state index in [1.807, 2.05) is 11.0 Å². The molecule has 27 heavy (non-hydrogen) atoms. The first-order valence-corrected chi connectivity index (χ1v) is 8.89. The normalized spacial score (nSPS) is 16.8. The molecular formula is C19H20N4O4. The van der Waals surface area contributed by atoms with Crippen molar-refractivity contribution in [1.29, 1.82) is 0 Å². The summed E-state index contributed by atoms with van der Waals surface area (Å²) in [5.74, 6) is 1.21. The molecule has 4 heterocycles. The number of hydrogen-bond donors (Lipinski definition) is 1. The number of amides is 1. The third-order valence-electron chi connectivity index (χ3n) is 4.95. The molecule has 0 radical (unpaired) electrons. The molecule has 1 fully saturated rings. The molecule has 0 bridgehead atoms. The molecule has 1 atom stereocenters. The number of carbonyl (C=O) groups excluding carboxylic acids is 1. The van der Waals surface area contributed by atoms with Gasteiger partial charge in [-0.1, -0.05) is 0 Å². The number of fused-ring (bicyclic) bond motifs is 1. The van der Waals surface area contributed by atoms with Crippen LogP contribution in [0.1, 0.15) is 30.2 Å². The van der Waals surface area contributed by atoms with Crippen LogP contribution in [0, 0.1) is 0 Å². The first-order chi connectivity index (χ1) is 13.1. The number of methoxy groups -OCH3 is 1. The number of pyridine rings is 2. The molecule has 0 aliphatic carbocycles. The maximum atomic E-state index is 12.5. The molecule has 8 nitrogen and oxygen atoms in total. The average molecular weight is 368 g/mol. The Labute approximate surface area is 155 Å². The molecule has 0 aromatic carbocycles. The summed E-state index contributed by atoms with van der Waals surface area (Å²) in [6.45, 7) is 1.26. The van der Waals surface area contributed by atoms with Crippen molar-refractivity contribution in [2.24, 2.45) is 0 Å². The van der Waals surface area contributed by atoms with Gasteiger partial charge in [0.25, 0.3) is 11.4 Å². The van der Waals surface area contributed by atoms with Crippen LogP contribution in [0.15, 0.2) is 39.8 Å². The number of aromatic amines is 1. The molecule has 1 aliphatic rings. The second-order valence-corrected chi connectivity index (χ2v) is 6.65. The maximum Gasteiger partial charge on any atom is 0.257 e. The number of rotatable bonds is 5. The summed E-state index contributed by atoms with van der Waals surface area (Å²) < 4.78 is 10.1. The fourth-order valence-corrected chi connectivity index (χ4v) is 3.46. The topological polar surface area (TPSA) is 101 Å². The lowest BCUT2D eigenvalue weighted by molar-refractivity contribution is -0.130. The van der Waals surface area contributed by atoms with Crippen LogP contribution in [-0.2, 0) is 11.2 Å². The zero-order valence-corrected chi connectivity index (χ0v) is 15.0. The van der Waals surface area contributed by atoms with Crippen molar-refractivity contribution in [3.8, 4) is 5.88 Å². The van der Waals surface area contributed by atoms with E-state index in [1.54, 1.807) is 24.4 Å². The average Bonchev–Trinajstić information content (AvgIpc) is 3.35. The number of aromatic nitrogens is 3. The SMILES string of the molecule is COc1cc(CCC(=O)N2CC[C@H](c3cc4ncccc4c(=O)[nH]3)C2)on1. The Balaban J connectivity index is 1.41. The third-order valence-corrected chi connectivity index (χ3v) is 4.95. The Morgan fingerprint density at radius 3 is 3.15 bits per heavy atom. The van der Waals surface area contributed by atoms with E-state index in [9.17, 15) is 9.59 Å². The van der Waals surface area contributed by atoms with E-state index in [1.165, 1.54) is 7.11 Å². The first-order valence-electron chi connectivity index (χ1n) is 8.89. The minimum Gasteiger partial charge on any atom is -0.479 e. The monoisotopic (exact) mass is 368 g/mol. The Morgan fingerprint density at radius 1 is 1.44 bits per heavy atom. The number of ether oxygens (including phenoxy) is 1. The second kappa shape index (κ2) is 7.22. The zero-order valence-electron chi connectivity index (χ0n) is 15.0. The fraction of sp³-hybridized carbons (Fsp3) is 0.368. The van der Waals surface area contributed by atoms with Crippen LogP contribution in [0.2, 0.25) is 0 Å². The summed E-state index contributed by atoms with van der Waals surface area (Å²) in [6.07, 6.45) is 3.32. The van der Waals surface area contributed by atoms with E-state index in [4.69, 9.17) is 9.26 Å². The van der Waals surface area contributed by atoms with Gasteiger partial charge in [0.15, 0.2) is 0 Å². The Hall–Kier alpha value is -3.16. The number of likely N-dealkylation sites (tertiary alicyclic amines) is 1. The lowest BCUT2D eigenvalue weighted by atomic mass is 10.0. The van der Waals surface area contributed by atoms with Crippen molar-refractivity contribution in [2.45, 2.75) is 25.2 Å². The standard InChI is InChI=1S/C19H20N4O4/c1-26-17-9-13(27-22-17)4-5-18(24)23-8-6-12(11-23)15-10-16-14(19(25)21-15)3-2-7-20-16/h2-3,7,9-10,12H,4-6,8,11H2,1H3,(H,21,25)/t12-/m0/s1. The van der Waals surface area contributed by atoms with Crippen LogP contribution in [0.3, 0.4) is 0 Å². The highest BCUT2D eigenvalue weighted by Gasteiger charge is 2.28. The minimum atomic E-state index is -0.139. The molecule has 4 rings (SSSR count). The van der Waals surface area contributed by atoms with Gasteiger partial charge in [-0.25, -0.2) is 0 Å². The van der Waals surface area contributed by atoms with Crippen LogP contribution < -0.4 is 10.3 Å². The molecule has 0 saturated carbocycles. The molecular weight excluding hydrogens is 348 g/mol. The van der Waals surface area contributed by atoms with Gasteiger partial charge in [0.1, 0.15) is 5.76 Å². The summed E-state index contributed by atoms with van der Waals surface area (Å²) in [4.78, 5) is 33.8. The Kier molecular flexibility index (Phi) is 4.62. The highest BCUT2D eigenvalue weighted by atomic mass is 16.5. The number of aryl methyl sites for hydroxylation is 1. The van der Waals surface area contributed by atoms with E-state index in [0.29, 0.717) is 48.5 Å². The largest absolute Gasteiger partial charge is 0.479 e. The molecule has 1 aliphatic heterocycles. The third kappa shape index (κ3) is 3.55. The van der Waals surface area contributed by atoms with Crippen molar-refractivity contribution >= 4 is 16.8 Å². The summed E-state index contributed by atoms with van der Waals surface area (Å²) in [5, 5.41) is 4.31. The lowest BCUT2D eigenvalue weighted by Gasteiger charge is -2.16. The summed E-state index contributed by atoms with van der Waals surface area (Å²) in [5.41, 5.74) is 1.38. The first kappa shape index (κ1) is 17.3. The van der Waals surface area contributed by atoms with E-state index in [-0.39, 0.29) is 17.4 Å². The number of carbonyl (C=O) groups is 1. The molecule has 140 valence electrons. The highest BCUT2D eigenvalue weighted by molar-refractivity contribution is 5.78. The van der Waals surface area contributed by atoms with Gasteiger partial charge < -0.3 is 19.1 Å². The smallest absolute Gasteiger partial charge is 0.257 e. The van der Waals surface area contributed by atoms with E-state index in [0.717, 1.165) is 12.1 Å². The van der Waals surface area contributed by atoms with Crippen LogP contribution in [0.4, 0.5) is 0 Å². The predicted octanol–water partition coefficient (Wildman–Crippen LogP) is 1.87. The number of nitrogens with zero attached hydrogens (tertiary/aromatic N) is 3. The van der Waals surface area contributed by atoms with E-state index in [2.05, 4.69) is 15.1 Å². The van der Waals surface area contributed by atoms with Crippen molar-refractivity contribution < 1.29 is 14.1 Å². The van der Waals surface area contributed by atoms with Crippen molar-refractivity contribution in [1.82, 2.24) is 20.0 Å². The van der Waals surface area contributed by atoms with Gasteiger partial charge in [0.05, 0.1) is 18.0 Å². The summed E-state index contributed by atoms with van der Waals surface area (Å²) in [6, 6.07) is 7.11. The van der Waals surface area contributed by atoms with E-state index < -0.39 is 0 Å². The summed E-state index contributed by atoms with van der Waals surface area (Å²) >= 11 is 0. The van der Waals surface area contributed by atoms with Crippen LogP contribution in [0.5, 0.6) is 5.88 Å². The Bertz CT molecular complexity index is 1030. The van der Waals surface area contributed by atoms with Crippen LogP contribution in [-0.4, -0.2) is 46.1 Å². The highest BCUT2D eigenvalue weighted by Crippen LogP contribution is 2.27. The fourth-order valence-electron chi connectivity index (χ4n) is 3.46. The lowest BCUT2D eigenvalue weighted by Crippen LogP contribution is -2.28. The van der Waals surface area contributed by atoms with Gasteiger partial charge in [-0.2, -0.15) is 0 Å². The maximum absolute atomic E-state index is 12.5. The van der Waals surface area contributed by atoms with Gasteiger partial charge in [-0.05, 0) is 29.8 Å². The van der Waals surface area contributed by atoms with Gasteiger partial charge >= 0.3 is 0 Å². The van der Waals surface area contributed by atoms with Crippen molar-refractivity contribution in [2.75, 3.05) is 20.2 Å².